The average Bonchev–Trinajstić information content (AvgIpc) is 3.09. The molecule has 96 valence electrons. The second kappa shape index (κ2) is 8.01. The summed E-state index contributed by atoms with van der Waals surface area (Å²) in [5, 5.41) is 3.36. The van der Waals surface area contributed by atoms with Gasteiger partial charge in [-0.05, 0) is 38.6 Å². The highest BCUT2D eigenvalue weighted by Crippen LogP contribution is 2.28. The monoisotopic (exact) mass is 231 g/mol. The lowest BCUT2D eigenvalue weighted by Crippen LogP contribution is -2.40. The Labute approximate surface area is 98.6 Å². The van der Waals surface area contributed by atoms with Crippen LogP contribution < -0.4 is 5.32 Å². The van der Waals surface area contributed by atoms with E-state index in [0.717, 1.165) is 32.1 Å². The molecule has 1 saturated carbocycles. The van der Waals surface area contributed by atoms with Gasteiger partial charge in [0.15, 0.2) is 6.29 Å². The third kappa shape index (κ3) is 5.80. The lowest BCUT2D eigenvalue weighted by Gasteiger charge is -2.22. The fourth-order valence-electron chi connectivity index (χ4n) is 1.64. The van der Waals surface area contributed by atoms with Crippen molar-refractivity contribution in [3.63, 3.8) is 0 Å². The molecule has 0 radical (unpaired) electrons. The molecule has 0 aromatic heterocycles. The fourth-order valence-corrected chi connectivity index (χ4v) is 1.64. The molecule has 0 spiro atoms. The SMILES string of the molecule is COC(OC)C(C)NCCCOCC1CC1. The summed E-state index contributed by atoms with van der Waals surface area (Å²) in [7, 11) is 3.32. The van der Waals surface area contributed by atoms with Crippen LogP contribution in [0.4, 0.5) is 0 Å². The molecule has 0 heterocycles. The highest BCUT2D eigenvalue weighted by atomic mass is 16.7. The Hall–Kier alpha value is -0.160. The Morgan fingerprint density at radius 2 is 1.94 bits per heavy atom. The van der Waals surface area contributed by atoms with Crippen molar-refractivity contribution in [2.75, 3.05) is 34.0 Å². The first kappa shape index (κ1) is 13.9. The van der Waals surface area contributed by atoms with Crippen LogP contribution >= 0.6 is 0 Å². The van der Waals surface area contributed by atoms with E-state index in [1.807, 2.05) is 0 Å². The van der Waals surface area contributed by atoms with Crippen LogP contribution in [0.3, 0.4) is 0 Å². The Morgan fingerprint density at radius 1 is 1.25 bits per heavy atom. The van der Waals surface area contributed by atoms with Gasteiger partial charge < -0.3 is 19.5 Å². The second-order valence-electron chi connectivity index (χ2n) is 4.45. The Kier molecular flexibility index (Phi) is 6.96. The topological polar surface area (TPSA) is 39.7 Å². The van der Waals surface area contributed by atoms with Crippen molar-refractivity contribution in [3.8, 4) is 0 Å². The molecular formula is C12H25NO3. The molecular weight excluding hydrogens is 206 g/mol. The van der Waals surface area contributed by atoms with E-state index in [-0.39, 0.29) is 12.3 Å². The molecule has 0 aromatic carbocycles. The van der Waals surface area contributed by atoms with Gasteiger partial charge >= 0.3 is 0 Å². The zero-order chi connectivity index (χ0) is 11.8. The maximum absolute atomic E-state index is 5.55. The van der Waals surface area contributed by atoms with Gasteiger partial charge in [0.1, 0.15) is 0 Å². The van der Waals surface area contributed by atoms with Crippen molar-refractivity contribution in [3.05, 3.63) is 0 Å². The molecule has 0 saturated heterocycles. The largest absolute Gasteiger partial charge is 0.381 e. The Bertz CT molecular complexity index is 170. The number of ether oxygens (including phenoxy) is 3. The van der Waals surface area contributed by atoms with Crippen LogP contribution in [-0.2, 0) is 14.2 Å². The Morgan fingerprint density at radius 3 is 2.50 bits per heavy atom. The van der Waals surface area contributed by atoms with Crippen molar-refractivity contribution in [2.24, 2.45) is 5.92 Å². The first-order valence-corrected chi connectivity index (χ1v) is 6.14. The lowest BCUT2D eigenvalue weighted by atomic mass is 10.3. The van der Waals surface area contributed by atoms with Gasteiger partial charge in [0, 0.05) is 27.4 Å². The van der Waals surface area contributed by atoms with Crippen LogP contribution in [0.2, 0.25) is 0 Å². The predicted octanol–water partition coefficient (Wildman–Crippen LogP) is 1.40. The van der Waals surface area contributed by atoms with Crippen LogP contribution in [0, 0.1) is 5.92 Å². The van der Waals surface area contributed by atoms with Gasteiger partial charge in [-0.25, -0.2) is 0 Å². The van der Waals surface area contributed by atoms with Crippen molar-refractivity contribution in [1.82, 2.24) is 5.32 Å². The summed E-state index contributed by atoms with van der Waals surface area (Å²) in [6.07, 6.45) is 3.58. The smallest absolute Gasteiger partial charge is 0.171 e. The molecule has 0 bridgehead atoms. The number of rotatable bonds is 10. The molecule has 16 heavy (non-hydrogen) atoms. The number of nitrogens with one attached hydrogen (secondary N) is 1. The first-order chi connectivity index (χ1) is 7.77. The van der Waals surface area contributed by atoms with E-state index in [4.69, 9.17) is 14.2 Å². The molecule has 1 N–H and O–H groups in total. The highest BCUT2D eigenvalue weighted by molar-refractivity contribution is 4.72. The lowest BCUT2D eigenvalue weighted by molar-refractivity contribution is -0.119. The molecule has 1 unspecified atom stereocenters. The predicted molar refractivity (Wildman–Crippen MR) is 63.4 cm³/mol. The van der Waals surface area contributed by atoms with Crippen molar-refractivity contribution in [1.29, 1.82) is 0 Å². The van der Waals surface area contributed by atoms with Gasteiger partial charge in [-0.1, -0.05) is 0 Å². The fraction of sp³-hybridized carbons (Fsp3) is 1.00. The number of hydrogen-bond donors (Lipinski definition) is 1. The van der Waals surface area contributed by atoms with Gasteiger partial charge in [-0.2, -0.15) is 0 Å². The molecule has 1 aliphatic carbocycles. The summed E-state index contributed by atoms with van der Waals surface area (Å²) in [4.78, 5) is 0. The summed E-state index contributed by atoms with van der Waals surface area (Å²) >= 11 is 0. The maximum atomic E-state index is 5.55. The summed E-state index contributed by atoms with van der Waals surface area (Å²) < 4.78 is 15.9. The van der Waals surface area contributed by atoms with Gasteiger partial charge in [-0.15, -0.1) is 0 Å². The first-order valence-electron chi connectivity index (χ1n) is 6.14. The highest BCUT2D eigenvalue weighted by Gasteiger charge is 2.20. The van der Waals surface area contributed by atoms with Gasteiger partial charge in [0.25, 0.3) is 0 Å². The molecule has 1 fully saturated rings. The molecule has 1 atom stereocenters. The quantitative estimate of drug-likeness (QED) is 0.456. The van der Waals surface area contributed by atoms with E-state index in [1.54, 1.807) is 14.2 Å². The van der Waals surface area contributed by atoms with Crippen LogP contribution in [0.15, 0.2) is 0 Å². The summed E-state index contributed by atoms with van der Waals surface area (Å²) in [6.45, 7) is 4.80. The van der Waals surface area contributed by atoms with Crippen LogP contribution in [-0.4, -0.2) is 46.3 Å². The van der Waals surface area contributed by atoms with Crippen LogP contribution in [0.1, 0.15) is 26.2 Å². The molecule has 1 rings (SSSR count). The zero-order valence-electron chi connectivity index (χ0n) is 10.7. The Balaban J connectivity index is 1.88. The van der Waals surface area contributed by atoms with Gasteiger partial charge in [0.05, 0.1) is 6.04 Å². The molecule has 1 aliphatic rings. The van der Waals surface area contributed by atoms with E-state index >= 15 is 0 Å². The van der Waals surface area contributed by atoms with Crippen LogP contribution in [0.25, 0.3) is 0 Å². The summed E-state index contributed by atoms with van der Waals surface area (Å²) in [6, 6.07) is 0.207. The standard InChI is InChI=1S/C12H25NO3/c1-10(12(14-2)15-3)13-7-4-8-16-9-11-5-6-11/h10-13H,4-9H2,1-3H3. The van der Waals surface area contributed by atoms with Crippen molar-refractivity contribution >= 4 is 0 Å². The number of hydrogen-bond acceptors (Lipinski definition) is 4. The average molecular weight is 231 g/mol. The van der Waals surface area contributed by atoms with E-state index in [1.165, 1.54) is 12.8 Å². The maximum Gasteiger partial charge on any atom is 0.171 e. The minimum atomic E-state index is -0.174. The molecule has 0 amide bonds. The van der Waals surface area contributed by atoms with Gasteiger partial charge in [0.2, 0.25) is 0 Å². The zero-order valence-corrected chi connectivity index (χ0v) is 10.7. The molecule has 0 aromatic rings. The van der Waals surface area contributed by atoms with Gasteiger partial charge in [-0.3, -0.25) is 0 Å². The summed E-state index contributed by atoms with van der Waals surface area (Å²) in [5.74, 6) is 0.859. The minimum absolute atomic E-state index is 0.174. The van der Waals surface area contributed by atoms with Crippen molar-refractivity contribution < 1.29 is 14.2 Å². The summed E-state index contributed by atoms with van der Waals surface area (Å²) in [5.41, 5.74) is 0. The minimum Gasteiger partial charge on any atom is -0.381 e. The third-order valence-electron chi connectivity index (χ3n) is 2.86. The van der Waals surface area contributed by atoms with E-state index < -0.39 is 0 Å². The second-order valence-corrected chi connectivity index (χ2v) is 4.45. The van der Waals surface area contributed by atoms with Crippen molar-refractivity contribution in [2.45, 2.75) is 38.5 Å². The van der Waals surface area contributed by atoms with E-state index in [0.29, 0.717) is 0 Å². The van der Waals surface area contributed by atoms with E-state index in [9.17, 15) is 0 Å². The molecule has 4 heteroatoms. The third-order valence-corrected chi connectivity index (χ3v) is 2.86. The van der Waals surface area contributed by atoms with E-state index in [2.05, 4.69) is 12.2 Å². The normalized spacial score (nSPS) is 18.0. The molecule has 4 nitrogen and oxygen atoms in total. The van der Waals surface area contributed by atoms with Crippen LogP contribution in [0.5, 0.6) is 0 Å². The number of methoxy groups -OCH3 is 2. The molecule has 0 aliphatic heterocycles.